The molecule has 0 atom stereocenters. The minimum atomic E-state index is 0.134. The monoisotopic (exact) mass is 616 g/mol. The lowest BCUT2D eigenvalue weighted by Crippen LogP contribution is -2.10. The van der Waals surface area contributed by atoms with Crippen molar-refractivity contribution in [2.24, 2.45) is 0 Å². The molecule has 0 unspecified atom stereocenters. The molecule has 2 heterocycles. The zero-order valence-corrected chi connectivity index (χ0v) is 27.5. The fourth-order valence-electron chi connectivity index (χ4n) is 7.43. The Kier molecular flexibility index (Phi) is 6.42. The molecular formula is C46H36N2. The Hall–Kier alpha value is -5.86. The van der Waals surface area contributed by atoms with Crippen LogP contribution in [-0.2, 0) is 5.41 Å². The highest BCUT2D eigenvalue weighted by atomic mass is 15.0. The van der Waals surface area contributed by atoms with Crippen molar-refractivity contribution in [1.82, 2.24) is 9.13 Å². The van der Waals surface area contributed by atoms with Crippen molar-refractivity contribution in [3.05, 3.63) is 169 Å². The molecule has 0 fully saturated rings. The van der Waals surface area contributed by atoms with Crippen LogP contribution in [0.1, 0.15) is 26.3 Å². The fraction of sp³-hybridized carbons (Fsp3) is 0.0870. The molecule has 0 N–H and O–H groups in total. The lowest BCUT2D eigenvalue weighted by Gasteiger charge is -2.19. The number of nitrogens with zero attached hydrogens (tertiary/aromatic N) is 2. The highest BCUT2D eigenvalue weighted by Crippen LogP contribution is 2.38. The van der Waals surface area contributed by atoms with Crippen molar-refractivity contribution in [2.45, 2.75) is 26.2 Å². The second-order valence-corrected chi connectivity index (χ2v) is 13.9. The van der Waals surface area contributed by atoms with Crippen LogP contribution in [0, 0.1) is 0 Å². The van der Waals surface area contributed by atoms with Gasteiger partial charge in [0.05, 0.1) is 22.1 Å². The minimum absolute atomic E-state index is 0.134. The van der Waals surface area contributed by atoms with Crippen LogP contribution in [0.2, 0.25) is 0 Å². The van der Waals surface area contributed by atoms with E-state index in [0.29, 0.717) is 0 Å². The summed E-state index contributed by atoms with van der Waals surface area (Å²) in [6.45, 7) is 6.79. The molecule has 2 aromatic heterocycles. The molecule has 48 heavy (non-hydrogen) atoms. The van der Waals surface area contributed by atoms with Crippen LogP contribution >= 0.6 is 0 Å². The van der Waals surface area contributed by atoms with Gasteiger partial charge in [0.25, 0.3) is 0 Å². The van der Waals surface area contributed by atoms with Gasteiger partial charge in [-0.1, -0.05) is 124 Å². The van der Waals surface area contributed by atoms with Crippen molar-refractivity contribution in [1.29, 1.82) is 0 Å². The van der Waals surface area contributed by atoms with E-state index in [0.717, 1.165) is 0 Å². The molecule has 9 aromatic rings. The first-order valence-electron chi connectivity index (χ1n) is 16.8. The number of rotatable bonds is 4. The largest absolute Gasteiger partial charge is 0.309 e. The van der Waals surface area contributed by atoms with Crippen LogP contribution in [0.3, 0.4) is 0 Å². The third-order valence-electron chi connectivity index (χ3n) is 9.88. The molecule has 0 aliphatic carbocycles. The van der Waals surface area contributed by atoms with E-state index in [1.165, 1.54) is 82.8 Å². The first-order valence-corrected chi connectivity index (χ1v) is 16.8. The Morgan fingerprint density at radius 2 is 0.792 bits per heavy atom. The van der Waals surface area contributed by atoms with Gasteiger partial charge in [-0.15, -0.1) is 0 Å². The zero-order valence-electron chi connectivity index (χ0n) is 27.5. The summed E-state index contributed by atoms with van der Waals surface area (Å²) >= 11 is 0. The zero-order chi connectivity index (χ0) is 32.4. The fourth-order valence-corrected chi connectivity index (χ4v) is 7.43. The van der Waals surface area contributed by atoms with E-state index in [2.05, 4.69) is 194 Å². The van der Waals surface area contributed by atoms with Crippen molar-refractivity contribution < 1.29 is 0 Å². The van der Waals surface area contributed by atoms with E-state index in [1.54, 1.807) is 0 Å². The van der Waals surface area contributed by atoms with Gasteiger partial charge in [-0.3, -0.25) is 0 Å². The summed E-state index contributed by atoms with van der Waals surface area (Å²) in [6, 6.07) is 60.0. The minimum Gasteiger partial charge on any atom is -0.309 e. The van der Waals surface area contributed by atoms with Crippen LogP contribution in [-0.4, -0.2) is 9.13 Å². The van der Waals surface area contributed by atoms with Crippen LogP contribution in [0.15, 0.2) is 164 Å². The average molecular weight is 617 g/mol. The highest BCUT2D eigenvalue weighted by Gasteiger charge is 2.17. The van der Waals surface area contributed by atoms with Crippen LogP contribution in [0.4, 0.5) is 0 Å². The average Bonchev–Trinajstić information content (AvgIpc) is 3.64. The number of hydrogen-bond acceptors (Lipinski definition) is 0. The number of benzene rings is 7. The Morgan fingerprint density at radius 3 is 1.38 bits per heavy atom. The molecule has 0 saturated heterocycles. The standard InChI is InChI=1S/C46H36N2/c1-46(2,3)35-24-20-31(21-25-35)32-12-11-15-37(28-32)48-43-19-10-8-17-39(43)41-30-34(23-27-45(41)48)33-22-26-44-40(29-33)38-16-7-9-18-42(38)47(44)36-13-5-4-6-14-36/h4-30H,1-3H3. The molecule has 0 bridgehead atoms. The van der Waals surface area contributed by atoms with Crippen molar-refractivity contribution in [3.63, 3.8) is 0 Å². The number of fused-ring (bicyclic) bond motifs is 6. The van der Waals surface area contributed by atoms with Crippen LogP contribution in [0.25, 0.3) is 77.2 Å². The normalized spacial score (nSPS) is 12.1. The smallest absolute Gasteiger partial charge is 0.0541 e. The Bertz CT molecular complexity index is 2630. The quantitative estimate of drug-likeness (QED) is 0.186. The van der Waals surface area contributed by atoms with Crippen LogP contribution < -0.4 is 0 Å². The maximum atomic E-state index is 2.41. The SMILES string of the molecule is CC(C)(C)c1ccc(-c2cccc(-n3c4ccccc4c4cc(-c5ccc6c(c5)c5ccccc5n6-c5ccccc5)ccc43)c2)cc1. The van der Waals surface area contributed by atoms with Gasteiger partial charge >= 0.3 is 0 Å². The van der Waals surface area contributed by atoms with Crippen molar-refractivity contribution >= 4 is 43.6 Å². The summed E-state index contributed by atoms with van der Waals surface area (Å²) in [7, 11) is 0. The van der Waals surface area contributed by atoms with E-state index in [1.807, 2.05) is 0 Å². The molecule has 230 valence electrons. The Labute approximate surface area is 281 Å². The molecular weight excluding hydrogens is 581 g/mol. The van der Waals surface area contributed by atoms with Gasteiger partial charge in [-0.05, 0) is 93.9 Å². The third-order valence-corrected chi connectivity index (χ3v) is 9.88. The van der Waals surface area contributed by atoms with E-state index in [-0.39, 0.29) is 5.41 Å². The Morgan fingerprint density at radius 1 is 0.333 bits per heavy atom. The van der Waals surface area contributed by atoms with Crippen molar-refractivity contribution in [3.8, 4) is 33.6 Å². The van der Waals surface area contributed by atoms with Gasteiger partial charge in [0, 0.05) is 32.9 Å². The molecule has 0 aliphatic rings. The number of para-hydroxylation sites is 3. The molecule has 9 rings (SSSR count). The maximum absolute atomic E-state index is 2.41. The van der Waals surface area contributed by atoms with E-state index in [9.17, 15) is 0 Å². The summed E-state index contributed by atoms with van der Waals surface area (Å²) in [5.74, 6) is 0. The number of hydrogen-bond donors (Lipinski definition) is 0. The summed E-state index contributed by atoms with van der Waals surface area (Å²) < 4.78 is 4.79. The summed E-state index contributed by atoms with van der Waals surface area (Å²) in [5.41, 5.74) is 13.6. The third kappa shape index (κ3) is 4.56. The lowest BCUT2D eigenvalue weighted by molar-refractivity contribution is 0.590. The first-order chi connectivity index (χ1) is 23.4. The second-order valence-electron chi connectivity index (χ2n) is 13.9. The predicted octanol–water partition coefficient (Wildman–Crippen LogP) is 12.5. The summed E-state index contributed by atoms with van der Waals surface area (Å²) in [6.07, 6.45) is 0. The molecule has 0 spiro atoms. The van der Waals surface area contributed by atoms with Gasteiger partial charge in [-0.2, -0.15) is 0 Å². The Balaban J connectivity index is 1.18. The maximum Gasteiger partial charge on any atom is 0.0541 e. The van der Waals surface area contributed by atoms with Crippen molar-refractivity contribution in [2.75, 3.05) is 0 Å². The summed E-state index contributed by atoms with van der Waals surface area (Å²) in [5, 5.41) is 5.05. The summed E-state index contributed by atoms with van der Waals surface area (Å²) in [4.78, 5) is 0. The van der Waals surface area contributed by atoms with E-state index >= 15 is 0 Å². The van der Waals surface area contributed by atoms with Gasteiger partial charge in [0.15, 0.2) is 0 Å². The molecule has 0 radical (unpaired) electrons. The number of aromatic nitrogens is 2. The molecule has 7 aromatic carbocycles. The highest BCUT2D eigenvalue weighted by molar-refractivity contribution is 6.12. The van der Waals surface area contributed by atoms with Gasteiger partial charge < -0.3 is 9.13 Å². The van der Waals surface area contributed by atoms with Gasteiger partial charge in [-0.25, -0.2) is 0 Å². The van der Waals surface area contributed by atoms with Gasteiger partial charge in [0.2, 0.25) is 0 Å². The van der Waals surface area contributed by atoms with E-state index in [4.69, 9.17) is 0 Å². The molecule has 2 heteroatoms. The van der Waals surface area contributed by atoms with Gasteiger partial charge in [0.1, 0.15) is 0 Å². The second kappa shape index (κ2) is 10.9. The molecule has 0 aliphatic heterocycles. The first kappa shape index (κ1) is 28.4. The predicted molar refractivity (Wildman–Crippen MR) is 205 cm³/mol. The topological polar surface area (TPSA) is 9.86 Å². The van der Waals surface area contributed by atoms with Crippen LogP contribution in [0.5, 0.6) is 0 Å². The molecule has 2 nitrogen and oxygen atoms in total. The lowest BCUT2D eigenvalue weighted by atomic mass is 9.86. The van der Waals surface area contributed by atoms with E-state index < -0.39 is 0 Å². The molecule has 0 saturated carbocycles. The molecule has 0 amide bonds.